The zero-order valence-electron chi connectivity index (χ0n) is 12.6. The van der Waals surface area contributed by atoms with Crippen LogP contribution in [-0.4, -0.2) is 62.7 Å². The summed E-state index contributed by atoms with van der Waals surface area (Å²) in [5, 5.41) is 3.60. The van der Waals surface area contributed by atoms with Crippen LogP contribution in [0.2, 0.25) is 0 Å². The molecule has 0 aliphatic carbocycles. The summed E-state index contributed by atoms with van der Waals surface area (Å²) in [6.07, 6.45) is 3.81. The lowest BCUT2D eigenvalue weighted by Crippen LogP contribution is -2.43. The summed E-state index contributed by atoms with van der Waals surface area (Å²) in [6, 6.07) is 0.665. The number of hydrogen-bond acceptors (Lipinski definition) is 3. The van der Waals surface area contributed by atoms with Gasteiger partial charge in [-0.15, -0.1) is 0 Å². The molecule has 0 amide bonds. The Morgan fingerprint density at radius 3 is 2.12 bits per heavy atom. The highest BCUT2D eigenvalue weighted by molar-refractivity contribution is 4.72. The van der Waals surface area contributed by atoms with Crippen molar-refractivity contribution in [3.63, 3.8) is 0 Å². The van der Waals surface area contributed by atoms with Crippen LogP contribution in [0.15, 0.2) is 0 Å². The molecule has 0 fully saturated rings. The molecule has 0 rings (SSSR count). The molecule has 0 saturated carbocycles. The molecule has 0 saturated heterocycles. The summed E-state index contributed by atoms with van der Waals surface area (Å²) in [4.78, 5) is 4.87. The highest BCUT2D eigenvalue weighted by atomic mass is 15.2. The topological polar surface area (TPSA) is 18.5 Å². The Bertz CT molecular complexity index is 154. The maximum absolute atomic E-state index is 3.60. The molecule has 3 heteroatoms. The van der Waals surface area contributed by atoms with Gasteiger partial charge >= 0.3 is 0 Å². The zero-order valence-corrected chi connectivity index (χ0v) is 12.6. The lowest BCUT2D eigenvalue weighted by Gasteiger charge is -2.28. The summed E-state index contributed by atoms with van der Waals surface area (Å²) in [5.74, 6) is 0. The van der Waals surface area contributed by atoms with Gasteiger partial charge in [0.15, 0.2) is 0 Å². The van der Waals surface area contributed by atoms with E-state index >= 15 is 0 Å². The van der Waals surface area contributed by atoms with Gasteiger partial charge in [-0.2, -0.15) is 0 Å². The zero-order chi connectivity index (χ0) is 13.1. The van der Waals surface area contributed by atoms with Gasteiger partial charge in [0.25, 0.3) is 0 Å². The molecule has 1 atom stereocenters. The van der Waals surface area contributed by atoms with Crippen LogP contribution in [-0.2, 0) is 0 Å². The van der Waals surface area contributed by atoms with E-state index in [4.69, 9.17) is 0 Å². The average Bonchev–Trinajstić information content (AvgIpc) is 2.27. The predicted octanol–water partition coefficient (Wildman–Crippen LogP) is 2.04. The van der Waals surface area contributed by atoms with Gasteiger partial charge in [0.1, 0.15) is 0 Å². The van der Waals surface area contributed by atoms with E-state index in [1.807, 2.05) is 0 Å². The molecule has 0 heterocycles. The van der Waals surface area contributed by atoms with Crippen LogP contribution in [0.5, 0.6) is 0 Å². The molecule has 0 aromatic carbocycles. The van der Waals surface area contributed by atoms with Gasteiger partial charge in [-0.05, 0) is 40.0 Å². The van der Waals surface area contributed by atoms with Gasteiger partial charge in [-0.25, -0.2) is 0 Å². The van der Waals surface area contributed by atoms with Crippen LogP contribution >= 0.6 is 0 Å². The molecule has 0 spiro atoms. The van der Waals surface area contributed by atoms with E-state index in [0.29, 0.717) is 6.04 Å². The Balaban J connectivity index is 4.07. The smallest absolute Gasteiger partial charge is 0.0194 e. The highest BCUT2D eigenvalue weighted by Crippen LogP contribution is 2.02. The Morgan fingerprint density at radius 2 is 1.65 bits per heavy atom. The first-order valence-corrected chi connectivity index (χ1v) is 7.24. The first-order valence-electron chi connectivity index (χ1n) is 7.24. The number of nitrogens with zero attached hydrogens (tertiary/aromatic N) is 2. The molecule has 0 radical (unpaired) electrons. The van der Waals surface area contributed by atoms with E-state index in [9.17, 15) is 0 Å². The molecule has 0 aromatic rings. The number of likely N-dealkylation sites (N-methyl/N-ethyl adjacent to an activating group) is 2. The van der Waals surface area contributed by atoms with E-state index in [-0.39, 0.29) is 0 Å². The largest absolute Gasteiger partial charge is 0.313 e. The Labute approximate surface area is 109 Å². The SMILES string of the molecule is CCCC(CN(CCC)CCN(C)C)NCC. The first kappa shape index (κ1) is 16.9. The number of nitrogens with one attached hydrogen (secondary N) is 1. The molecular formula is C14H33N3. The quantitative estimate of drug-likeness (QED) is 0.599. The summed E-state index contributed by atoms with van der Waals surface area (Å²) in [5.41, 5.74) is 0. The predicted molar refractivity (Wildman–Crippen MR) is 77.7 cm³/mol. The van der Waals surface area contributed by atoms with Gasteiger partial charge in [-0.3, -0.25) is 0 Å². The summed E-state index contributed by atoms with van der Waals surface area (Å²) in [6.45, 7) is 12.6. The monoisotopic (exact) mass is 243 g/mol. The van der Waals surface area contributed by atoms with Gasteiger partial charge < -0.3 is 15.1 Å². The van der Waals surface area contributed by atoms with Gasteiger partial charge in [-0.1, -0.05) is 27.2 Å². The fraction of sp³-hybridized carbons (Fsp3) is 1.00. The van der Waals surface area contributed by atoms with E-state index in [1.54, 1.807) is 0 Å². The Kier molecular flexibility index (Phi) is 10.9. The van der Waals surface area contributed by atoms with Crippen molar-refractivity contribution < 1.29 is 0 Å². The minimum atomic E-state index is 0.665. The Morgan fingerprint density at radius 1 is 0.941 bits per heavy atom. The average molecular weight is 243 g/mol. The van der Waals surface area contributed by atoms with Gasteiger partial charge in [0.2, 0.25) is 0 Å². The van der Waals surface area contributed by atoms with E-state index in [0.717, 1.165) is 13.1 Å². The van der Waals surface area contributed by atoms with Gasteiger partial charge in [0.05, 0.1) is 0 Å². The van der Waals surface area contributed by atoms with Crippen molar-refractivity contribution in [3.8, 4) is 0 Å². The Hall–Kier alpha value is -0.120. The van der Waals surface area contributed by atoms with Crippen LogP contribution in [0.4, 0.5) is 0 Å². The van der Waals surface area contributed by atoms with E-state index < -0.39 is 0 Å². The normalized spacial score (nSPS) is 13.6. The minimum Gasteiger partial charge on any atom is -0.313 e. The lowest BCUT2D eigenvalue weighted by molar-refractivity contribution is 0.214. The van der Waals surface area contributed by atoms with E-state index in [1.165, 1.54) is 38.9 Å². The van der Waals surface area contributed by atoms with Crippen LogP contribution in [0.3, 0.4) is 0 Å². The van der Waals surface area contributed by atoms with Crippen molar-refractivity contribution in [2.24, 2.45) is 0 Å². The van der Waals surface area contributed by atoms with Gasteiger partial charge in [0, 0.05) is 25.7 Å². The molecule has 0 aromatic heterocycles. The van der Waals surface area contributed by atoms with Crippen LogP contribution < -0.4 is 5.32 Å². The van der Waals surface area contributed by atoms with Crippen molar-refractivity contribution in [2.45, 2.75) is 46.1 Å². The lowest BCUT2D eigenvalue weighted by atomic mass is 10.1. The standard InChI is InChI=1S/C14H33N3/c1-6-9-14(15-8-3)13-17(10-7-2)12-11-16(4)5/h14-15H,6-13H2,1-5H3. The second-order valence-electron chi connectivity index (χ2n) is 5.15. The van der Waals surface area contributed by atoms with Crippen LogP contribution in [0, 0.1) is 0 Å². The van der Waals surface area contributed by atoms with Crippen molar-refractivity contribution >= 4 is 0 Å². The second-order valence-corrected chi connectivity index (χ2v) is 5.15. The molecule has 17 heavy (non-hydrogen) atoms. The fourth-order valence-electron chi connectivity index (χ4n) is 2.16. The molecule has 0 aliphatic heterocycles. The van der Waals surface area contributed by atoms with Crippen molar-refractivity contribution in [1.82, 2.24) is 15.1 Å². The molecule has 104 valence electrons. The van der Waals surface area contributed by atoms with Crippen molar-refractivity contribution in [2.75, 3.05) is 46.8 Å². The van der Waals surface area contributed by atoms with Crippen molar-refractivity contribution in [3.05, 3.63) is 0 Å². The number of hydrogen-bond donors (Lipinski definition) is 1. The highest BCUT2D eigenvalue weighted by Gasteiger charge is 2.12. The van der Waals surface area contributed by atoms with E-state index in [2.05, 4.69) is 50.0 Å². The third kappa shape index (κ3) is 9.57. The van der Waals surface area contributed by atoms with Crippen LogP contribution in [0.25, 0.3) is 0 Å². The molecule has 3 nitrogen and oxygen atoms in total. The first-order chi connectivity index (χ1) is 8.13. The van der Waals surface area contributed by atoms with Crippen molar-refractivity contribution in [1.29, 1.82) is 0 Å². The third-order valence-electron chi connectivity index (χ3n) is 3.01. The molecular weight excluding hydrogens is 210 g/mol. The minimum absolute atomic E-state index is 0.665. The van der Waals surface area contributed by atoms with Crippen LogP contribution in [0.1, 0.15) is 40.0 Å². The summed E-state index contributed by atoms with van der Waals surface area (Å²) in [7, 11) is 4.30. The second kappa shape index (κ2) is 11.0. The summed E-state index contributed by atoms with van der Waals surface area (Å²) >= 11 is 0. The molecule has 1 N–H and O–H groups in total. The number of rotatable bonds is 11. The molecule has 0 aliphatic rings. The molecule has 0 bridgehead atoms. The maximum atomic E-state index is 3.60. The fourth-order valence-corrected chi connectivity index (χ4v) is 2.16. The maximum Gasteiger partial charge on any atom is 0.0194 e. The summed E-state index contributed by atoms with van der Waals surface area (Å²) < 4.78 is 0. The molecule has 1 unspecified atom stereocenters. The third-order valence-corrected chi connectivity index (χ3v) is 3.01.